The third kappa shape index (κ3) is 3.11. The molecule has 0 saturated carbocycles. The van der Waals surface area contributed by atoms with Gasteiger partial charge < -0.3 is 14.8 Å². The number of thiazole rings is 1. The van der Waals surface area contributed by atoms with Crippen LogP contribution in [0.5, 0.6) is 0 Å². The van der Waals surface area contributed by atoms with E-state index in [1.165, 1.54) is 10.6 Å². The van der Waals surface area contributed by atoms with Crippen molar-refractivity contribution < 1.29 is 0 Å². The number of aromatic nitrogens is 3. The molecule has 2 aromatic rings. The Morgan fingerprint density at radius 1 is 1.33 bits per heavy atom. The topological polar surface area (TPSA) is 46.0 Å². The maximum absolute atomic E-state index is 4.90. The molecule has 3 rings (SSSR count). The van der Waals surface area contributed by atoms with Crippen molar-refractivity contribution >= 4 is 16.5 Å². The summed E-state index contributed by atoms with van der Waals surface area (Å²) in [4.78, 5) is 13.1. The van der Waals surface area contributed by atoms with E-state index < -0.39 is 0 Å². The molecule has 0 aromatic carbocycles. The molecule has 0 aliphatic carbocycles. The van der Waals surface area contributed by atoms with Gasteiger partial charge in [-0.15, -0.1) is 11.3 Å². The average molecular weight is 305 g/mol. The lowest BCUT2D eigenvalue weighted by Crippen LogP contribution is -2.33. The van der Waals surface area contributed by atoms with Crippen LogP contribution in [0.15, 0.2) is 12.4 Å². The first kappa shape index (κ1) is 14.5. The van der Waals surface area contributed by atoms with Gasteiger partial charge in [0.2, 0.25) is 0 Å². The fraction of sp³-hybridized carbons (Fsp3) is 0.600. The van der Waals surface area contributed by atoms with E-state index in [1.807, 2.05) is 17.5 Å². The molecule has 0 bridgehead atoms. The van der Waals surface area contributed by atoms with Crippen LogP contribution in [0.4, 0.5) is 5.13 Å². The number of imidazole rings is 1. The van der Waals surface area contributed by atoms with E-state index in [9.17, 15) is 0 Å². The Hall–Kier alpha value is -1.40. The number of nitrogens with zero attached hydrogens (tertiary/aromatic N) is 4. The summed E-state index contributed by atoms with van der Waals surface area (Å²) in [7, 11) is 0. The highest BCUT2D eigenvalue weighted by Gasteiger charge is 2.21. The number of anilines is 1. The summed E-state index contributed by atoms with van der Waals surface area (Å²) in [6.45, 7) is 9.18. The Morgan fingerprint density at radius 2 is 2.24 bits per heavy atom. The zero-order valence-corrected chi connectivity index (χ0v) is 13.6. The average Bonchev–Trinajstić information content (AvgIpc) is 3.11. The Morgan fingerprint density at radius 3 is 3.05 bits per heavy atom. The zero-order valence-electron chi connectivity index (χ0n) is 12.8. The van der Waals surface area contributed by atoms with E-state index in [0.717, 1.165) is 56.5 Å². The lowest BCUT2D eigenvalue weighted by molar-refractivity contribution is 0.559. The monoisotopic (exact) mass is 305 g/mol. The highest BCUT2D eigenvalue weighted by Crippen LogP contribution is 2.29. The molecular formula is C15H23N5S. The predicted molar refractivity (Wildman–Crippen MR) is 86.8 cm³/mol. The maximum Gasteiger partial charge on any atom is 0.186 e. The molecule has 3 heterocycles. The van der Waals surface area contributed by atoms with Crippen LogP contribution in [0.3, 0.4) is 0 Å². The van der Waals surface area contributed by atoms with Crippen molar-refractivity contribution in [2.45, 2.75) is 46.3 Å². The normalized spacial score (nSPS) is 14.5. The molecule has 0 spiro atoms. The van der Waals surface area contributed by atoms with Crippen molar-refractivity contribution in [2.75, 3.05) is 18.0 Å². The summed E-state index contributed by atoms with van der Waals surface area (Å²) in [5.74, 6) is 1.14. The largest absolute Gasteiger partial charge is 0.339 e. The van der Waals surface area contributed by atoms with Crippen molar-refractivity contribution in [1.82, 2.24) is 19.9 Å². The van der Waals surface area contributed by atoms with E-state index >= 15 is 0 Å². The van der Waals surface area contributed by atoms with Crippen LogP contribution in [0.25, 0.3) is 0 Å². The Labute approximate surface area is 130 Å². The molecule has 1 aliphatic rings. The molecular weight excluding hydrogens is 282 g/mol. The molecule has 0 unspecified atom stereocenters. The maximum atomic E-state index is 4.90. The van der Waals surface area contributed by atoms with Crippen molar-refractivity contribution in [3.05, 3.63) is 28.8 Å². The van der Waals surface area contributed by atoms with Crippen LogP contribution in [0.1, 0.15) is 36.7 Å². The summed E-state index contributed by atoms with van der Waals surface area (Å²) in [6.07, 6.45) is 6.17. The lowest BCUT2D eigenvalue weighted by atomic mass is 10.2. The smallest absolute Gasteiger partial charge is 0.186 e. The van der Waals surface area contributed by atoms with Gasteiger partial charge in [0.25, 0.3) is 0 Å². The van der Waals surface area contributed by atoms with Crippen molar-refractivity contribution in [1.29, 1.82) is 0 Å². The van der Waals surface area contributed by atoms with Gasteiger partial charge in [-0.05, 0) is 13.0 Å². The van der Waals surface area contributed by atoms with Crippen molar-refractivity contribution in [2.24, 2.45) is 0 Å². The van der Waals surface area contributed by atoms with Gasteiger partial charge in [-0.1, -0.05) is 20.3 Å². The van der Waals surface area contributed by atoms with Crippen molar-refractivity contribution in [3.8, 4) is 0 Å². The molecule has 1 N–H and O–H groups in total. The van der Waals surface area contributed by atoms with E-state index in [0.29, 0.717) is 0 Å². The van der Waals surface area contributed by atoms with E-state index in [4.69, 9.17) is 4.98 Å². The molecule has 1 aliphatic heterocycles. The van der Waals surface area contributed by atoms with Crippen LogP contribution in [0.2, 0.25) is 0 Å². The lowest BCUT2D eigenvalue weighted by Gasteiger charge is -2.27. The van der Waals surface area contributed by atoms with Crippen molar-refractivity contribution in [3.63, 3.8) is 0 Å². The Kier molecular flexibility index (Phi) is 4.55. The van der Waals surface area contributed by atoms with Crippen LogP contribution in [-0.2, 0) is 26.1 Å². The third-order valence-electron chi connectivity index (χ3n) is 3.80. The first-order valence-electron chi connectivity index (χ1n) is 7.76. The number of nitrogens with one attached hydrogen (secondary N) is 1. The SMILES string of the molecule is CCCc1nc(N2CCn3ccnc3C2)sc1CNCC. The van der Waals surface area contributed by atoms with Crippen LogP contribution >= 0.6 is 11.3 Å². The number of hydrogen-bond donors (Lipinski definition) is 1. The van der Waals surface area contributed by atoms with Gasteiger partial charge in [0.1, 0.15) is 5.82 Å². The van der Waals surface area contributed by atoms with Gasteiger partial charge in [-0.25, -0.2) is 9.97 Å². The van der Waals surface area contributed by atoms with E-state index in [2.05, 4.69) is 39.8 Å². The first-order chi connectivity index (χ1) is 10.3. The molecule has 0 radical (unpaired) electrons. The predicted octanol–water partition coefficient (Wildman–Crippen LogP) is 2.42. The van der Waals surface area contributed by atoms with Crippen LogP contribution in [0, 0.1) is 0 Å². The summed E-state index contributed by atoms with van der Waals surface area (Å²) in [5, 5.41) is 4.58. The standard InChI is InChI=1S/C15H23N5S/c1-3-5-12-13(10-16-4-2)21-15(18-12)20-9-8-19-7-6-17-14(19)11-20/h6-7,16H,3-5,8-11H2,1-2H3. The van der Waals surface area contributed by atoms with Gasteiger partial charge in [-0.2, -0.15) is 0 Å². The zero-order chi connectivity index (χ0) is 14.7. The molecule has 0 saturated heterocycles. The summed E-state index contributed by atoms with van der Waals surface area (Å²) < 4.78 is 2.23. The summed E-state index contributed by atoms with van der Waals surface area (Å²) in [6, 6.07) is 0. The number of fused-ring (bicyclic) bond motifs is 1. The third-order valence-corrected chi connectivity index (χ3v) is 4.96. The second-order valence-corrected chi connectivity index (χ2v) is 6.42. The minimum absolute atomic E-state index is 0.868. The summed E-state index contributed by atoms with van der Waals surface area (Å²) >= 11 is 1.84. The summed E-state index contributed by atoms with van der Waals surface area (Å²) in [5.41, 5.74) is 1.27. The highest BCUT2D eigenvalue weighted by atomic mass is 32.1. The van der Waals surface area contributed by atoms with Gasteiger partial charge in [-0.3, -0.25) is 0 Å². The second kappa shape index (κ2) is 6.58. The molecule has 5 nitrogen and oxygen atoms in total. The van der Waals surface area contributed by atoms with Gasteiger partial charge in [0.05, 0.1) is 12.2 Å². The van der Waals surface area contributed by atoms with Gasteiger partial charge >= 0.3 is 0 Å². The molecule has 0 fully saturated rings. The van der Waals surface area contributed by atoms with Crippen LogP contribution < -0.4 is 10.2 Å². The minimum Gasteiger partial charge on any atom is -0.339 e. The molecule has 0 atom stereocenters. The van der Waals surface area contributed by atoms with Gasteiger partial charge in [0, 0.05) is 36.9 Å². The van der Waals surface area contributed by atoms with Gasteiger partial charge in [0.15, 0.2) is 5.13 Å². The molecule has 114 valence electrons. The second-order valence-electron chi connectivity index (χ2n) is 5.36. The quantitative estimate of drug-likeness (QED) is 0.890. The minimum atomic E-state index is 0.868. The number of hydrogen-bond acceptors (Lipinski definition) is 5. The van der Waals surface area contributed by atoms with E-state index in [1.54, 1.807) is 0 Å². The molecule has 21 heavy (non-hydrogen) atoms. The van der Waals surface area contributed by atoms with Crippen LogP contribution in [-0.4, -0.2) is 27.6 Å². The highest BCUT2D eigenvalue weighted by molar-refractivity contribution is 7.15. The fourth-order valence-electron chi connectivity index (χ4n) is 2.65. The molecule has 2 aromatic heterocycles. The number of rotatable bonds is 6. The fourth-order valence-corrected chi connectivity index (χ4v) is 3.75. The first-order valence-corrected chi connectivity index (χ1v) is 8.57. The Bertz CT molecular complexity index is 589. The number of aryl methyl sites for hydroxylation is 1. The van der Waals surface area contributed by atoms with E-state index in [-0.39, 0.29) is 0 Å². The Balaban J connectivity index is 1.79. The molecule has 0 amide bonds. The molecule has 6 heteroatoms.